The maximum absolute atomic E-state index is 12.2. The fraction of sp³-hybridized carbons (Fsp3) is 0.375. The van der Waals surface area contributed by atoms with Crippen LogP contribution in [0.2, 0.25) is 0 Å². The third-order valence-corrected chi connectivity index (χ3v) is 4.67. The number of hydrogen-bond acceptors (Lipinski definition) is 5. The lowest BCUT2D eigenvalue weighted by Crippen LogP contribution is -2.51. The fourth-order valence-corrected chi connectivity index (χ4v) is 3.17. The minimum atomic E-state index is -0.0863. The van der Waals surface area contributed by atoms with Crippen LogP contribution in [0.5, 0.6) is 0 Å². The SMILES string of the molecule is O=C(CN1CCN(C(=O)c2ccco2)CC1)NCc1cccs1. The number of amides is 2. The largest absolute Gasteiger partial charge is 0.459 e. The van der Waals surface area contributed by atoms with Gasteiger partial charge in [-0.25, -0.2) is 0 Å². The van der Waals surface area contributed by atoms with E-state index in [2.05, 4.69) is 10.2 Å². The quantitative estimate of drug-likeness (QED) is 0.899. The molecule has 1 N–H and O–H groups in total. The summed E-state index contributed by atoms with van der Waals surface area (Å²) in [6.07, 6.45) is 1.50. The molecule has 7 heteroatoms. The highest BCUT2D eigenvalue weighted by atomic mass is 32.1. The van der Waals surface area contributed by atoms with E-state index >= 15 is 0 Å². The molecule has 0 spiro atoms. The van der Waals surface area contributed by atoms with Crippen molar-refractivity contribution < 1.29 is 14.0 Å². The molecule has 0 atom stereocenters. The Morgan fingerprint density at radius 3 is 2.65 bits per heavy atom. The van der Waals surface area contributed by atoms with Crippen LogP contribution in [0.1, 0.15) is 15.4 Å². The summed E-state index contributed by atoms with van der Waals surface area (Å²) >= 11 is 1.63. The van der Waals surface area contributed by atoms with Gasteiger partial charge in [-0.05, 0) is 23.6 Å². The lowest BCUT2D eigenvalue weighted by Gasteiger charge is -2.33. The van der Waals surface area contributed by atoms with E-state index in [0.717, 1.165) is 4.88 Å². The molecule has 0 aliphatic carbocycles. The first-order chi connectivity index (χ1) is 11.2. The molecule has 1 saturated heterocycles. The fourth-order valence-electron chi connectivity index (χ4n) is 2.52. The third-order valence-electron chi connectivity index (χ3n) is 3.80. The third kappa shape index (κ3) is 4.20. The number of thiophene rings is 1. The zero-order chi connectivity index (χ0) is 16.1. The molecular formula is C16H19N3O3S. The Labute approximate surface area is 138 Å². The minimum Gasteiger partial charge on any atom is -0.459 e. The van der Waals surface area contributed by atoms with Gasteiger partial charge < -0.3 is 14.6 Å². The number of furan rings is 1. The topological polar surface area (TPSA) is 65.8 Å². The maximum atomic E-state index is 12.2. The van der Waals surface area contributed by atoms with Crippen LogP contribution in [0, 0.1) is 0 Å². The number of nitrogens with zero attached hydrogens (tertiary/aromatic N) is 2. The van der Waals surface area contributed by atoms with Crippen LogP contribution in [0.15, 0.2) is 40.3 Å². The highest BCUT2D eigenvalue weighted by molar-refractivity contribution is 7.09. The summed E-state index contributed by atoms with van der Waals surface area (Å²) in [5, 5.41) is 4.92. The number of rotatable bonds is 5. The zero-order valence-corrected chi connectivity index (χ0v) is 13.6. The van der Waals surface area contributed by atoms with Gasteiger partial charge in [0.1, 0.15) is 0 Å². The second-order valence-electron chi connectivity index (χ2n) is 5.40. The van der Waals surface area contributed by atoms with Gasteiger partial charge in [-0.15, -0.1) is 11.3 Å². The highest BCUT2D eigenvalue weighted by Crippen LogP contribution is 2.10. The predicted molar refractivity (Wildman–Crippen MR) is 87.2 cm³/mol. The van der Waals surface area contributed by atoms with Crippen LogP contribution in [-0.4, -0.2) is 54.3 Å². The number of carbonyl (C=O) groups excluding carboxylic acids is 2. The summed E-state index contributed by atoms with van der Waals surface area (Å²) in [6.45, 7) is 3.55. The molecule has 0 bridgehead atoms. The lowest BCUT2D eigenvalue weighted by molar-refractivity contribution is -0.122. The van der Waals surface area contributed by atoms with Gasteiger partial charge in [-0.1, -0.05) is 6.07 Å². The molecule has 2 aromatic rings. The number of piperazine rings is 1. The van der Waals surface area contributed by atoms with Crippen molar-refractivity contribution in [3.8, 4) is 0 Å². The molecule has 3 rings (SSSR count). The molecule has 1 aliphatic heterocycles. The number of hydrogen-bond donors (Lipinski definition) is 1. The summed E-state index contributed by atoms with van der Waals surface area (Å²) in [5.74, 6) is 0.299. The van der Waals surface area contributed by atoms with Gasteiger partial charge >= 0.3 is 0 Å². The molecule has 0 unspecified atom stereocenters. The molecule has 23 heavy (non-hydrogen) atoms. The van der Waals surface area contributed by atoms with Gasteiger partial charge in [0.2, 0.25) is 5.91 Å². The molecule has 2 amide bonds. The number of carbonyl (C=O) groups is 2. The van der Waals surface area contributed by atoms with Crippen molar-refractivity contribution in [2.24, 2.45) is 0 Å². The average Bonchev–Trinajstić information content (AvgIpc) is 3.26. The Kier molecular flexibility index (Phi) is 5.09. The van der Waals surface area contributed by atoms with E-state index in [1.807, 2.05) is 17.5 Å². The molecule has 1 fully saturated rings. The average molecular weight is 333 g/mol. The smallest absolute Gasteiger partial charge is 0.289 e. The van der Waals surface area contributed by atoms with Crippen molar-refractivity contribution in [1.29, 1.82) is 0 Å². The molecule has 1 aliphatic rings. The van der Waals surface area contributed by atoms with Crippen LogP contribution >= 0.6 is 11.3 Å². The van der Waals surface area contributed by atoms with Crippen molar-refractivity contribution in [2.75, 3.05) is 32.7 Å². The molecule has 0 aromatic carbocycles. The molecule has 122 valence electrons. The first kappa shape index (κ1) is 15.8. The molecule has 6 nitrogen and oxygen atoms in total. The highest BCUT2D eigenvalue weighted by Gasteiger charge is 2.24. The summed E-state index contributed by atoms with van der Waals surface area (Å²) in [5.41, 5.74) is 0. The summed E-state index contributed by atoms with van der Waals surface area (Å²) in [4.78, 5) is 29.1. The second-order valence-corrected chi connectivity index (χ2v) is 6.43. The van der Waals surface area contributed by atoms with E-state index in [9.17, 15) is 9.59 Å². The monoisotopic (exact) mass is 333 g/mol. The zero-order valence-electron chi connectivity index (χ0n) is 12.7. The van der Waals surface area contributed by atoms with Crippen LogP contribution in [-0.2, 0) is 11.3 Å². The first-order valence-electron chi connectivity index (χ1n) is 7.56. The maximum Gasteiger partial charge on any atom is 0.289 e. The predicted octanol–water partition coefficient (Wildman–Crippen LogP) is 1.42. The van der Waals surface area contributed by atoms with Gasteiger partial charge in [-0.2, -0.15) is 0 Å². The Hall–Kier alpha value is -2.12. The van der Waals surface area contributed by atoms with E-state index in [1.54, 1.807) is 28.4 Å². The molecule has 0 radical (unpaired) electrons. The van der Waals surface area contributed by atoms with E-state index in [0.29, 0.717) is 45.0 Å². The van der Waals surface area contributed by atoms with Crippen molar-refractivity contribution in [1.82, 2.24) is 15.1 Å². The van der Waals surface area contributed by atoms with Crippen LogP contribution < -0.4 is 5.32 Å². The summed E-state index contributed by atoms with van der Waals surface area (Å²) < 4.78 is 5.14. The molecular weight excluding hydrogens is 314 g/mol. The summed E-state index contributed by atoms with van der Waals surface area (Å²) in [7, 11) is 0. The lowest BCUT2D eigenvalue weighted by atomic mass is 10.3. The van der Waals surface area contributed by atoms with Gasteiger partial charge in [-0.3, -0.25) is 14.5 Å². The van der Waals surface area contributed by atoms with Gasteiger partial charge in [0.05, 0.1) is 19.4 Å². The van der Waals surface area contributed by atoms with Gasteiger partial charge in [0.25, 0.3) is 5.91 Å². The molecule has 2 aromatic heterocycles. The summed E-state index contributed by atoms with van der Waals surface area (Å²) in [6, 6.07) is 7.36. The number of nitrogens with one attached hydrogen (secondary N) is 1. The standard InChI is InChI=1S/C16H19N3O3S/c20-15(17-11-13-3-2-10-23-13)12-18-5-7-19(8-6-18)16(21)14-4-1-9-22-14/h1-4,9-10H,5-8,11-12H2,(H,17,20). The van der Waals surface area contributed by atoms with Crippen LogP contribution in [0.4, 0.5) is 0 Å². The molecule has 0 saturated carbocycles. The Bertz CT molecular complexity index is 632. The Morgan fingerprint density at radius 1 is 1.17 bits per heavy atom. The van der Waals surface area contributed by atoms with Crippen molar-refractivity contribution >= 4 is 23.2 Å². The van der Waals surface area contributed by atoms with E-state index in [4.69, 9.17) is 4.42 Å². The van der Waals surface area contributed by atoms with E-state index in [1.165, 1.54) is 6.26 Å². The van der Waals surface area contributed by atoms with E-state index < -0.39 is 0 Å². The normalized spacial score (nSPS) is 15.6. The van der Waals surface area contributed by atoms with Gasteiger partial charge in [0, 0.05) is 31.1 Å². The Balaban J connectivity index is 1.40. The first-order valence-corrected chi connectivity index (χ1v) is 8.44. The van der Waals surface area contributed by atoms with Crippen molar-refractivity contribution in [2.45, 2.75) is 6.54 Å². The van der Waals surface area contributed by atoms with Crippen LogP contribution in [0.3, 0.4) is 0 Å². The second kappa shape index (κ2) is 7.43. The van der Waals surface area contributed by atoms with Crippen molar-refractivity contribution in [3.05, 3.63) is 46.5 Å². The van der Waals surface area contributed by atoms with Crippen LogP contribution in [0.25, 0.3) is 0 Å². The van der Waals surface area contributed by atoms with E-state index in [-0.39, 0.29) is 11.8 Å². The van der Waals surface area contributed by atoms with Gasteiger partial charge in [0.15, 0.2) is 5.76 Å². The Morgan fingerprint density at radius 2 is 2.00 bits per heavy atom. The minimum absolute atomic E-state index is 0.0178. The molecule has 3 heterocycles. The van der Waals surface area contributed by atoms with Crippen molar-refractivity contribution in [3.63, 3.8) is 0 Å².